The number of ether oxygens (including phenoxy) is 1. The maximum absolute atomic E-state index is 12.9. The molecule has 0 bridgehead atoms. The van der Waals surface area contributed by atoms with Crippen molar-refractivity contribution in [2.45, 2.75) is 31.7 Å². The van der Waals surface area contributed by atoms with Crippen molar-refractivity contribution in [2.24, 2.45) is 0 Å². The third-order valence-corrected chi connectivity index (χ3v) is 4.93. The molecule has 0 radical (unpaired) electrons. The second-order valence-corrected chi connectivity index (χ2v) is 6.74. The first kappa shape index (κ1) is 18.2. The Balaban J connectivity index is 1.55. The second kappa shape index (κ2) is 8.21. The van der Waals surface area contributed by atoms with Crippen LogP contribution < -0.4 is 4.74 Å². The minimum absolute atomic E-state index is 0.185. The number of hydrogen-bond acceptors (Lipinski definition) is 6. The number of rotatable bonds is 5. The molecule has 7 heteroatoms. The number of hydrogen-bond donors (Lipinski definition) is 0. The quantitative estimate of drug-likeness (QED) is 0.677. The molecular formula is C21H22N4O3. The highest BCUT2D eigenvalue weighted by Gasteiger charge is 2.33. The fourth-order valence-electron chi connectivity index (χ4n) is 3.56. The largest absolute Gasteiger partial charge is 0.496 e. The number of aromatic nitrogens is 3. The molecule has 144 valence electrons. The third-order valence-electron chi connectivity index (χ3n) is 4.93. The molecule has 0 N–H and O–H groups in total. The topological polar surface area (TPSA) is 81.4 Å². The summed E-state index contributed by atoms with van der Waals surface area (Å²) in [5, 5.41) is 0. The van der Waals surface area contributed by atoms with Crippen LogP contribution in [0.1, 0.15) is 53.1 Å². The van der Waals surface area contributed by atoms with Crippen molar-refractivity contribution >= 4 is 5.91 Å². The van der Waals surface area contributed by atoms with Crippen LogP contribution in [-0.4, -0.2) is 39.4 Å². The number of methoxy groups -OCH3 is 1. The highest BCUT2D eigenvalue weighted by atomic mass is 16.5. The number of oxazole rings is 1. The summed E-state index contributed by atoms with van der Waals surface area (Å²) in [7, 11) is 1.65. The van der Waals surface area contributed by atoms with Crippen LogP contribution in [0.25, 0.3) is 0 Å². The summed E-state index contributed by atoms with van der Waals surface area (Å²) >= 11 is 0. The van der Waals surface area contributed by atoms with E-state index in [4.69, 9.17) is 9.15 Å². The molecule has 1 amide bonds. The van der Waals surface area contributed by atoms with Gasteiger partial charge in [0.2, 0.25) is 11.7 Å². The van der Waals surface area contributed by atoms with Crippen LogP contribution in [0, 0.1) is 0 Å². The van der Waals surface area contributed by atoms with E-state index in [1.54, 1.807) is 36.7 Å². The van der Waals surface area contributed by atoms with Gasteiger partial charge in [0, 0.05) is 30.9 Å². The summed E-state index contributed by atoms with van der Waals surface area (Å²) in [6.45, 7) is 0.645. The number of benzene rings is 1. The molecule has 1 aromatic carbocycles. The summed E-state index contributed by atoms with van der Waals surface area (Å²) in [5.41, 5.74) is 1.03. The lowest BCUT2D eigenvalue weighted by Gasteiger charge is -2.33. The van der Waals surface area contributed by atoms with Crippen LogP contribution in [0.5, 0.6) is 5.75 Å². The molecule has 1 atom stereocenters. The van der Waals surface area contributed by atoms with Gasteiger partial charge in [-0.05, 0) is 31.4 Å². The molecule has 1 aliphatic rings. The standard InChI is InChI=1S/C21H22N4O3/c1-27-18-9-3-2-7-15(18)13-16-14-24-20(28-16)17-8-4-5-12-25(17)21(26)19-22-10-6-11-23-19/h2-3,6-7,9-11,14,17H,4-5,8,12-13H2,1H3. The summed E-state index contributed by atoms with van der Waals surface area (Å²) in [6.07, 6.45) is 8.26. The predicted molar refractivity (Wildman–Crippen MR) is 102 cm³/mol. The smallest absolute Gasteiger partial charge is 0.292 e. The zero-order valence-electron chi connectivity index (χ0n) is 15.7. The van der Waals surface area contributed by atoms with Crippen LogP contribution in [0.15, 0.2) is 53.3 Å². The Morgan fingerprint density at radius 2 is 2.00 bits per heavy atom. The zero-order chi connectivity index (χ0) is 19.3. The molecular weight excluding hydrogens is 356 g/mol. The highest BCUT2D eigenvalue weighted by molar-refractivity contribution is 5.90. The summed E-state index contributed by atoms with van der Waals surface area (Å²) in [6, 6.07) is 9.33. The first-order valence-electron chi connectivity index (χ1n) is 9.40. The first-order chi connectivity index (χ1) is 13.8. The Bertz CT molecular complexity index is 942. The maximum Gasteiger partial charge on any atom is 0.292 e. The van der Waals surface area contributed by atoms with E-state index in [1.807, 2.05) is 24.3 Å². The Morgan fingerprint density at radius 3 is 2.82 bits per heavy atom. The summed E-state index contributed by atoms with van der Waals surface area (Å²) < 4.78 is 11.5. The first-order valence-corrected chi connectivity index (χ1v) is 9.40. The van der Waals surface area contributed by atoms with Crippen molar-refractivity contribution < 1.29 is 13.9 Å². The van der Waals surface area contributed by atoms with E-state index >= 15 is 0 Å². The van der Waals surface area contributed by atoms with Gasteiger partial charge < -0.3 is 14.1 Å². The van der Waals surface area contributed by atoms with Crippen LogP contribution in [-0.2, 0) is 6.42 Å². The van der Waals surface area contributed by atoms with Gasteiger partial charge in [0.05, 0.1) is 13.3 Å². The van der Waals surface area contributed by atoms with Crippen LogP contribution in [0.3, 0.4) is 0 Å². The van der Waals surface area contributed by atoms with E-state index < -0.39 is 0 Å². The van der Waals surface area contributed by atoms with Gasteiger partial charge in [-0.1, -0.05) is 18.2 Å². The van der Waals surface area contributed by atoms with Gasteiger partial charge in [0.15, 0.2) is 0 Å². The van der Waals surface area contributed by atoms with E-state index in [9.17, 15) is 4.79 Å². The number of carbonyl (C=O) groups is 1. The lowest BCUT2D eigenvalue weighted by Crippen LogP contribution is -2.39. The number of likely N-dealkylation sites (tertiary alicyclic amines) is 1. The Labute approximate surface area is 163 Å². The van der Waals surface area contributed by atoms with E-state index in [-0.39, 0.29) is 17.8 Å². The van der Waals surface area contributed by atoms with Crippen molar-refractivity contribution in [1.82, 2.24) is 19.9 Å². The van der Waals surface area contributed by atoms with Gasteiger partial charge in [0.25, 0.3) is 5.91 Å². The van der Waals surface area contributed by atoms with Gasteiger partial charge in [-0.3, -0.25) is 4.79 Å². The van der Waals surface area contributed by atoms with Gasteiger partial charge >= 0.3 is 0 Å². The lowest BCUT2D eigenvalue weighted by molar-refractivity contribution is 0.0557. The fourth-order valence-corrected chi connectivity index (χ4v) is 3.56. The summed E-state index contributed by atoms with van der Waals surface area (Å²) in [4.78, 5) is 27.3. The second-order valence-electron chi connectivity index (χ2n) is 6.74. The van der Waals surface area contributed by atoms with Crippen molar-refractivity contribution in [2.75, 3.05) is 13.7 Å². The minimum Gasteiger partial charge on any atom is -0.496 e. The van der Waals surface area contributed by atoms with Gasteiger partial charge in [-0.2, -0.15) is 0 Å². The average molecular weight is 378 g/mol. The van der Waals surface area contributed by atoms with Gasteiger partial charge in [-0.15, -0.1) is 0 Å². The lowest BCUT2D eigenvalue weighted by atomic mass is 10.0. The molecule has 0 aliphatic carbocycles. The number of piperidine rings is 1. The van der Waals surface area contributed by atoms with Crippen molar-refractivity contribution in [3.05, 3.63) is 72.0 Å². The number of carbonyl (C=O) groups excluding carboxylic acids is 1. The number of para-hydroxylation sites is 1. The molecule has 1 unspecified atom stereocenters. The number of amides is 1. The van der Waals surface area contributed by atoms with Crippen LogP contribution >= 0.6 is 0 Å². The minimum atomic E-state index is -0.198. The SMILES string of the molecule is COc1ccccc1Cc1cnc(C2CCCCN2C(=O)c2ncccn2)o1. The van der Waals surface area contributed by atoms with E-state index in [0.717, 1.165) is 36.3 Å². The molecule has 1 fully saturated rings. The molecule has 2 aromatic heterocycles. The Hall–Kier alpha value is -3.22. The molecule has 4 rings (SSSR count). The average Bonchev–Trinajstić information content (AvgIpc) is 3.22. The van der Waals surface area contributed by atoms with Crippen LogP contribution in [0.2, 0.25) is 0 Å². The Kier molecular flexibility index (Phi) is 5.32. The van der Waals surface area contributed by atoms with Gasteiger partial charge in [-0.25, -0.2) is 15.0 Å². The zero-order valence-corrected chi connectivity index (χ0v) is 15.7. The third kappa shape index (κ3) is 3.74. The summed E-state index contributed by atoms with van der Waals surface area (Å²) in [5.74, 6) is 2.14. The molecule has 7 nitrogen and oxygen atoms in total. The molecule has 1 aliphatic heterocycles. The van der Waals surface area contributed by atoms with E-state index in [0.29, 0.717) is 18.9 Å². The molecule has 0 saturated carbocycles. The fraction of sp³-hybridized carbons (Fsp3) is 0.333. The van der Waals surface area contributed by atoms with Gasteiger partial charge in [0.1, 0.15) is 17.6 Å². The molecule has 0 spiro atoms. The van der Waals surface area contributed by atoms with Crippen molar-refractivity contribution in [3.8, 4) is 5.75 Å². The molecule has 3 aromatic rings. The number of nitrogens with zero attached hydrogens (tertiary/aromatic N) is 4. The molecule has 28 heavy (non-hydrogen) atoms. The maximum atomic E-state index is 12.9. The van der Waals surface area contributed by atoms with E-state index in [1.165, 1.54) is 0 Å². The van der Waals surface area contributed by atoms with Crippen molar-refractivity contribution in [1.29, 1.82) is 0 Å². The monoisotopic (exact) mass is 378 g/mol. The normalized spacial score (nSPS) is 16.8. The van der Waals surface area contributed by atoms with Crippen LogP contribution in [0.4, 0.5) is 0 Å². The van der Waals surface area contributed by atoms with E-state index in [2.05, 4.69) is 15.0 Å². The molecule has 1 saturated heterocycles. The highest BCUT2D eigenvalue weighted by Crippen LogP contribution is 2.32. The predicted octanol–water partition coefficient (Wildman–Crippen LogP) is 3.43. The Morgan fingerprint density at radius 1 is 1.18 bits per heavy atom. The molecule has 3 heterocycles. The van der Waals surface area contributed by atoms with Crippen molar-refractivity contribution in [3.63, 3.8) is 0 Å².